The topological polar surface area (TPSA) is 39.2 Å². The van der Waals surface area contributed by atoms with Crippen LogP contribution in [-0.2, 0) is 4.79 Å². The molecule has 5 nitrogen and oxygen atoms in total. The minimum Gasteiger partial charge on any atom is -0.335 e. The summed E-state index contributed by atoms with van der Waals surface area (Å²) in [5, 5.41) is 7.81. The average molecular weight is 597 g/mol. The molecule has 0 spiro atoms. The van der Waals surface area contributed by atoms with Gasteiger partial charge in [0.15, 0.2) is 0 Å². The minimum atomic E-state index is -0.0839. The summed E-state index contributed by atoms with van der Waals surface area (Å²) in [6, 6.07) is 14.4. The SMILES string of the molecule is O=C(C1=NN(c2ccc(Cl)cc2Cl)C(c2ccc(I)cc2)C1)N1CCN(C2CCCC2)CC1. The lowest BCUT2D eigenvalue weighted by Gasteiger charge is -2.38. The van der Waals surface area contributed by atoms with Crippen LogP contribution in [0, 0.1) is 3.57 Å². The molecule has 3 aliphatic rings. The Kier molecular flexibility index (Phi) is 7.16. The van der Waals surface area contributed by atoms with Crippen molar-refractivity contribution >= 4 is 63.1 Å². The van der Waals surface area contributed by atoms with Gasteiger partial charge in [-0.25, -0.2) is 0 Å². The van der Waals surface area contributed by atoms with E-state index in [2.05, 4.69) is 51.8 Å². The molecule has 2 aromatic rings. The van der Waals surface area contributed by atoms with E-state index in [1.54, 1.807) is 6.07 Å². The molecule has 5 rings (SSSR count). The van der Waals surface area contributed by atoms with Crippen LogP contribution in [0.4, 0.5) is 5.69 Å². The molecule has 2 heterocycles. The van der Waals surface area contributed by atoms with Crippen LogP contribution in [-0.4, -0.2) is 53.6 Å². The Morgan fingerprint density at radius 3 is 2.33 bits per heavy atom. The monoisotopic (exact) mass is 596 g/mol. The third-order valence-corrected chi connectivity index (χ3v) is 8.27. The first-order valence-corrected chi connectivity index (χ1v) is 13.4. The number of hydrogen-bond donors (Lipinski definition) is 0. The highest BCUT2D eigenvalue weighted by Gasteiger charge is 2.36. The van der Waals surface area contributed by atoms with Crippen LogP contribution in [0.3, 0.4) is 0 Å². The van der Waals surface area contributed by atoms with Gasteiger partial charge < -0.3 is 4.90 Å². The Balaban J connectivity index is 1.36. The highest BCUT2D eigenvalue weighted by molar-refractivity contribution is 14.1. The van der Waals surface area contributed by atoms with Crippen molar-refractivity contribution < 1.29 is 4.79 Å². The molecule has 2 aliphatic heterocycles. The summed E-state index contributed by atoms with van der Waals surface area (Å²) in [7, 11) is 0. The van der Waals surface area contributed by atoms with E-state index in [0.29, 0.717) is 28.2 Å². The predicted molar refractivity (Wildman–Crippen MR) is 143 cm³/mol. The number of anilines is 1. The highest BCUT2D eigenvalue weighted by atomic mass is 127. The van der Waals surface area contributed by atoms with Crippen molar-refractivity contribution in [1.29, 1.82) is 0 Å². The molecule has 8 heteroatoms. The molecule has 2 aromatic carbocycles. The van der Waals surface area contributed by atoms with Gasteiger partial charge in [-0.1, -0.05) is 48.2 Å². The van der Waals surface area contributed by atoms with Crippen molar-refractivity contribution in [2.24, 2.45) is 5.10 Å². The van der Waals surface area contributed by atoms with Gasteiger partial charge in [0.2, 0.25) is 0 Å². The van der Waals surface area contributed by atoms with Gasteiger partial charge in [0, 0.05) is 47.2 Å². The van der Waals surface area contributed by atoms with Crippen LogP contribution in [0.15, 0.2) is 47.6 Å². The van der Waals surface area contributed by atoms with Gasteiger partial charge in [-0.2, -0.15) is 5.10 Å². The molecule has 0 N–H and O–H groups in total. The summed E-state index contributed by atoms with van der Waals surface area (Å²) in [4.78, 5) is 18.0. The second kappa shape index (κ2) is 10.1. The fourth-order valence-corrected chi connectivity index (χ4v) is 6.07. The highest BCUT2D eigenvalue weighted by Crippen LogP contribution is 2.40. The van der Waals surface area contributed by atoms with Crippen LogP contribution < -0.4 is 5.01 Å². The molecule has 1 atom stereocenters. The normalized spacial score (nSPS) is 22.2. The summed E-state index contributed by atoms with van der Waals surface area (Å²) in [5.74, 6) is 0.0455. The van der Waals surface area contributed by atoms with E-state index in [9.17, 15) is 4.79 Å². The van der Waals surface area contributed by atoms with E-state index >= 15 is 0 Å². The van der Waals surface area contributed by atoms with E-state index in [4.69, 9.17) is 28.3 Å². The lowest BCUT2D eigenvalue weighted by atomic mass is 10.0. The Bertz CT molecular complexity index is 1050. The lowest BCUT2D eigenvalue weighted by Crippen LogP contribution is -2.52. The number of piperazine rings is 1. The summed E-state index contributed by atoms with van der Waals surface area (Å²) in [6.07, 6.45) is 5.83. The molecule has 1 saturated heterocycles. The first kappa shape index (κ1) is 23.4. The standard InChI is InChI=1S/C25H27Cl2IN4O/c26-18-7-10-23(21(27)15-18)32-24(17-5-8-19(28)9-6-17)16-22(29-32)25(33)31-13-11-30(12-14-31)20-3-1-2-4-20/h5-10,15,20,24H,1-4,11-14,16H2. The molecular formula is C25H27Cl2IN4O. The van der Waals surface area contributed by atoms with E-state index in [1.165, 1.54) is 29.3 Å². The molecule has 1 unspecified atom stereocenters. The van der Waals surface area contributed by atoms with E-state index < -0.39 is 0 Å². The number of amides is 1. The van der Waals surface area contributed by atoms with Crippen LogP contribution >= 0.6 is 45.8 Å². The van der Waals surface area contributed by atoms with E-state index in [1.807, 2.05) is 22.0 Å². The predicted octanol–water partition coefficient (Wildman–Crippen LogP) is 5.99. The van der Waals surface area contributed by atoms with Crippen molar-refractivity contribution in [2.75, 3.05) is 31.2 Å². The van der Waals surface area contributed by atoms with Crippen molar-refractivity contribution in [3.8, 4) is 0 Å². The first-order chi connectivity index (χ1) is 16.0. The Hall–Kier alpha value is -1.35. The number of carbonyl (C=O) groups excluding carboxylic acids is 1. The quantitative estimate of drug-likeness (QED) is 0.407. The molecule has 1 saturated carbocycles. The van der Waals surface area contributed by atoms with Gasteiger partial charge in [0.25, 0.3) is 5.91 Å². The van der Waals surface area contributed by atoms with E-state index in [0.717, 1.165) is 37.4 Å². The molecule has 174 valence electrons. The number of halogens is 3. The van der Waals surface area contributed by atoms with Gasteiger partial charge in [-0.05, 0) is 71.3 Å². The summed E-state index contributed by atoms with van der Waals surface area (Å²) in [6.45, 7) is 3.45. The minimum absolute atomic E-state index is 0.0455. The third kappa shape index (κ3) is 5.04. The average Bonchev–Trinajstić information content (AvgIpc) is 3.50. The summed E-state index contributed by atoms with van der Waals surface area (Å²) >= 11 is 15.0. The van der Waals surface area contributed by atoms with Gasteiger partial charge in [0.05, 0.1) is 16.8 Å². The molecule has 0 radical (unpaired) electrons. The number of hydrogen-bond acceptors (Lipinski definition) is 4. The zero-order chi connectivity index (χ0) is 22.9. The fourth-order valence-electron chi connectivity index (χ4n) is 5.22. The number of nitrogens with zero attached hydrogens (tertiary/aromatic N) is 4. The number of hydrazone groups is 1. The number of carbonyl (C=O) groups is 1. The molecular weight excluding hydrogens is 570 g/mol. The fraction of sp³-hybridized carbons (Fsp3) is 0.440. The van der Waals surface area contributed by atoms with Crippen LogP contribution in [0.25, 0.3) is 0 Å². The number of rotatable bonds is 4. The van der Waals surface area contributed by atoms with Gasteiger partial charge in [0.1, 0.15) is 5.71 Å². The molecule has 33 heavy (non-hydrogen) atoms. The van der Waals surface area contributed by atoms with Crippen LogP contribution in [0.2, 0.25) is 10.0 Å². The Labute approximate surface area is 218 Å². The second-order valence-electron chi connectivity index (χ2n) is 9.02. The smallest absolute Gasteiger partial charge is 0.270 e. The molecule has 1 aliphatic carbocycles. The summed E-state index contributed by atoms with van der Waals surface area (Å²) < 4.78 is 1.17. The van der Waals surface area contributed by atoms with Crippen molar-refractivity contribution in [3.63, 3.8) is 0 Å². The largest absolute Gasteiger partial charge is 0.335 e. The summed E-state index contributed by atoms with van der Waals surface area (Å²) in [5.41, 5.74) is 2.47. The maximum Gasteiger partial charge on any atom is 0.270 e. The Morgan fingerprint density at radius 2 is 1.67 bits per heavy atom. The van der Waals surface area contributed by atoms with Crippen molar-refractivity contribution in [2.45, 2.75) is 44.2 Å². The van der Waals surface area contributed by atoms with E-state index in [-0.39, 0.29) is 11.9 Å². The second-order valence-corrected chi connectivity index (χ2v) is 11.1. The zero-order valence-electron chi connectivity index (χ0n) is 18.4. The number of benzene rings is 2. The zero-order valence-corrected chi connectivity index (χ0v) is 22.1. The Morgan fingerprint density at radius 1 is 0.970 bits per heavy atom. The first-order valence-electron chi connectivity index (χ1n) is 11.6. The maximum atomic E-state index is 13.5. The van der Waals surface area contributed by atoms with Crippen LogP contribution in [0.5, 0.6) is 0 Å². The van der Waals surface area contributed by atoms with Gasteiger partial charge in [-0.3, -0.25) is 14.7 Å². The maximum absolute atomic E-state index is 13.5. The molecule has 0 aromatic heterocycles. The van der Waals surface area contributed by atoms with Gasteiger partial charge >= 0.3 is 0 Å². The van der Waals surface area contributed by atoms with Crippen molar-refractivity contribution in [3.05, 3.63) is 61.6 Å². The molecule has 0 bridgehead atoms. The third-order valence-electron chi connectivity index (χ3n) is 7.01. The van der Waals surface area contributed by atoms with Crippen molar-refractivity contribution in [1.82, 2.24) is 9.80 Å². The van der Waals surface area contributed by atoms with Crippen LogP contribution in [0.1, 0.15) is 43.7 Å². The van der Waals surface area contributed by atoms with Gasteiger partial charge in [-0.15, -0.1) is 0 Å². The molecule has 1 amide bonds. The lowest BCUT2D eigenvalue weighted by molar-refractivity contribution is -0.126. The molecule has 2 fully saturated rings.